The zero-order valence-corrected chi connectivity index (χ0v) is 12.5. The van der Waals surface area contributed by atoms with E-state index in [1.807, 2.05) is 12.1 Å². The van der Waals surface area contributed by atoms with Crippen LogP contribution in [-0.2, 0) is 5.88 Å². The van der Waals surface area contributed by atoms with Crippen LogP contribution in [-0.4, -0.2) is 12.6 Å². The molecule has 1 saturated carbocycles. The molecular formula is C15H21Cl2N. The van der Waals surface area contributed by atoms with Crippen molar-refractivity contribution in [2.45, 2.75) is 50.9 Å². The minimum absolute atomic E-state index is 0.527. The Balaban J connectivity index is 2.25. The topological polar surface area (TPSA) is 3.24 Å². The molecule has 1 fully saturated rings. The molecule has 0 spiro atoms. The zero-order chi connectivity index (χ0) is 13.0. The van der Waals surface area contributed by atoms with Crippen molar-refractivity contribution in [3.05, 3.63) is 28.8 Å². The number of alkyl halides is 1. The van der Waals surface area contributed by atoms with E-state index >= 15 is 0 Å². The number of halogens is 2. The van der Waals surface area contributed by atoms with E-state index in [2.05, 4.69) is 17.9 Å². The molecule has 3 heteroatoms. The number of hydrogen-bond donors (Lipinski definition) is 0. The molecule has 1 aliphatic rings. The average molecular weight is 286 g/mol. The van der Waals surface area contributed by atoms with E-state index < -0.39 is 0 Å². The van der Waals surface area contributed by atoms with Crippen LogP contribution in [0.15, 0.2) is 18.2 Å². The predicted octanol–water partition coefficient (Wildman–Crippen LogP) is 5.24. The first-order chi connectivity index (χ1) is 8.76. The summed E-state index contributed by atoms with van der Waals surface area (Å²) in [6, 6.07) is 6.76. The van der Waals surface area contributed by atoms with Crippen LogP contribution in [0.3, 0.4) is 0 Å². The monoisotopic (exact) mass is 285 g/mol. The van der Waals surface area contributed by atoms with E-state index in [4.69, 9.17) is 23.2 Å². The molecule has 1 aromatic carbocycles. The van der Waals surface area contributed by atoms with E-state index in [1.54, 1.807) is 0 Å². The lowest BCUT2D eigenvalue weighted by Gasteiger charge is -2.36. The number of nitrogens with zero attached hydrogens (tertiary/aromatic N) is 1. The predicted molar refractivity (Wildman–Crippen MR) is 80.9 cm³/mol. The van der Waals surface area contributed by atoms with Crippen LogP contribution in [0.2, 0.25) is 5.02 Å². The number of anilines is 1. The molecule has 1 aromatic rings. The van der Waals surface area contributed by atoms with E-state index in [0.717, 1.165) is 17.1 Å². The summed E-state index contributed by atoms with van der Waals surface area (Å²) < 4.78 is 0. The number of hydrogen-bond acceptors (Lipinski definition) is 1. The SMILES string of the molecule is CCN(c1ccc(Cl)cc1CCl)C1CCCCC1. The molecule has 0 saturated heterocycles. The van der Waals surface area contributed by atoms with Gasteiger partial charge in [0.05, 0.1) is 0 Å². The molecule has 18 heavy (non-hydrogen) atoms. The van der Waals surface area contributed by atoms with Crippen molar-refractivity contribution in [1.82, 2.24) is 0 Å². The third kappa shape index (κ3) is 3.13. The van der Waals surface area contributed by atoms with Crippen molar-refractivity contribution < 1.29 is 0 Å². The first-order valence-electron chi connectivity index (χ1n) is 6.87. The van der Waals surface area contributed by atoms with Crippen LogP contribution in [0.1, 0.15) is 44.6 Å². The van der Waals surface area contributed by atoms with Gasteiger partial charge in [0, 0.05) is 29.2 Å². The van der Waals surface area contributed by atoms with Gasteiger partial charge in [0.2, 0.25) is 0 Å². The Morgan fingerprint density at radius 1 is 1.22 bits per heavy atom. The van der Waals surface area contributed by atoms with Crippen molar-refractivity contribution >= 4 is 28.9 Å². The van der Waals surface area contributed by atoms with E-state index in [9.17, 15) is 0 Å². The summed E-state index contributed by atoms with van der Waals surface area (Å²) in [5.74, 6) is 0.527. The van der Waals surface area contributed by atoms with Gasteiger partial charge < -0.3 is 4.90 Å². The summed E-state index contributed by atoms with van der Waals surface area (Å²) in [7, 11) is 0. The molecule has 1 nitrogen and oxygen atoms in total. The van der Waals surface area contributed by atoms with Crippen molar-refractivity contribution in [2.75, 3.05) is 11.4 Å². The van der Waals surface area contributed by atoms with Crippen molar-refractivity contribution in [2.24, 2.45) is 0 Å². The lowest BCUT2D eigenvalue weighted by Crippen LogP contribution is -2.37. The van der Waals surface area contributed by atoms with E-state index in [1.165, 1.54) is 37.8 Å². The normalized spacial score (nSPS) is 16.8. The van der Waals surface area contributed by atoms with Crippen LogP contribution < -0.4 is 4.90 Å². The van der Waals surface area contributed by atoms with Gasteiger partial charge in [0.15, 0.2) is 0 Å². The van der Waals surface area contributed by atoms with Gasteiger partial charge in [-0.2, -0.15) is 0 Å². The standard InChI is InChI=1S/C15H21Cl2N/c1-2-18(14-6-4-3-5-7-14)15-9-8-13(17)10-12(15)11-16/h8-10,14H,2-7,11H2,1H3. The van der Waals surface area contributed by atoms with Gasteiger partial charge in [-0.25, -0.2) is 0 Å². The van der Waals surface area contributed by atoms with Crippen molar-refractivity contribution in [1.29, 1.82) is 0 Å². The maximum Gasteiger partial charge on any atom is 0.0495 e. The summed E-state index contributed by atoms with van der Waals surface area (Å²) in [5, 5.41) is 0.772. The first-order valence-corrected chi connectivity index (χ1v) is 7.78. The molecule has 0 radical (unpaired) electrons. The molecule has 1 aliphatic carbocycles. The molecule has 0 aliphatic heterocycles. The fourth-order valence-electron chi connectivity index (χ4n) is 2.96. The average Bonchev–Trinajstić information content (AvgIpc) is 2.42. The Kier molecular flexibility index (Phi) is 5.20. The molecule has 0 amide bonds. The Labute approximate surface area is 120 Å². The van der Waals surface area contributed by atoms with Crippen LogP contribution >= 0.6 is 23.2 Å². The smallest absolute Gasteiger partial charge is 0.0495 e. The van der Waals surface area contributed by atoms with Gasteiger partial charge in [-0.3, -0.25) is 0 Å². The first kappa shape index (κ1) is 14.0. The number of benzene rings is 1. The van der Waals surface area contributed by atoms with Gasteiger partial charge >= 0.3 is 0 Å². The van der Waals surface area contributed by atoms with Crippen LogP contribution in [0.5, 0.6) is 0 Å². The largest absolute Gasteiger partial charge is 0.369 e. The summed E-state index contributed by atoms with van der Waals surface area (Å²) in [6.07, 6.45) is 6.70. The Morgan fingerprint density at radius 3 is 2.56 bits per heavy atom. The third-order valence-corrected chi connectivity index (χ3v) is 4.37. The van der Waals surface area contributed by atoms with E-state index in [-0.39, 0.29) is 0 Å². The second-order valence-electron chi connectivity index (χ2n) is 4.98. The third-order valence-electron chi connectivity index (χ3n) is 3.85. The highest BCUT2D eigenvalue weighted by Crippen LogP contribution is 2.31. The second kappa shape index (κ2) is 6.68. The molecule has 0 heterocycles. The minimum Gasteiger partial charge on any atom is -0.369 e. The van der Waals surface area contributed by atoms with Crippen molar-refractivity contribution in [3.63, 3.8) is 0 Å². The molecule has 0 atom stereocenters. The van der Waals surface area contributed by atoms with Crippen LogP contribution in [0, 0.1) is 0 Å². The molecular weight excluding hydrogens is 265 g/mol. The quantitative estimate of drug-likeness (QED) is 0.684. The maximum atomic E-state index is 6.06. The van der Waals surface area contributed by atoms with Gasteiger partial charge in [-0.1, -0.05) is 30.9 Å². The minimum atomic E-state index is 0.527. The molecule has 100 valence electrons. The van der Waals surface area contributed by atoms with Gasteiger partial charge in [0.25, 0.3) is 0 Å². The summed E-state index contributed by atoms with van der Waals surface area (Å²) in [6.45, 7) is 3.26. The van der Waals surface area contributed by atoms with Gasteiger partial charge in [-0.15, -0.1) is 11.6 Å². The molecule has 0 N–H and O–H groups in total. The fourth-order valence-corrected chi connectivity index (χ4v) is 3.37. The van der Waals surface area contributed by atoms with Gasteiger partial charge in [-0.05, 0) is 43.5 Å². The summed E-state index contributed by atoms with van der Waals surface area (Å²) in [5.41, 5.74) is 2.42. The zero-order valence-electron chi connectivity index (χ0n) is 11.0. The Bertz CT molecular complexity index is 386. The highest BCUT2D eigenvalue weighted by atomic mass is 35.5. The molecule has 2 rings (SSSR count). The van der Waals surface area contributed by atoms with Crippen LogP contribution in [0.4, 0.5) is 5.69 Å². The van der Waals surface area contributed by atoms with Gasteiger partial charge in [0.1, 0.15) is 0 Å². The summed E-state index contributed by atoms with van der Waals surface area (Å²) >= 11 is 12.1. The Hall–Kier alpha value is -0.400. The fraction of sp³-hybridized carbons (Fsp3) is 0.600. The highest BCUT2D eigenvalue weighted by Gasteiger charge is 2.21. The Morgan fingerprint density at radius 2 is 1.94 bits per heavy atom. The molecule has 0 aromatic heterocycles. The molecule has 0 unspecified atom stereocenters. The second-order valence-corrected chi connectivity index (χ2v) is 5.69. The lowest BCUT2D eigenvalue weighted by molar-refractivity contribution is 0.418. The van der Waals surface area contributed by atoms with Crippen molar-refractivity contribution in [3.8, 4) is 0 Å². The number of rotatable bonds is 4. The molecule has 0 bridgehead atoms. The maximum absolute atomic E-state index is 6.06. The highest BCUT2D eigenvalue weighted by molar-refractivity contribution is 6.30. The van der Waals surface area contributed by atoms with E-state index in [0.29, 0.717) is 11.9 Å². The van der Waals surface area contributed by atoms with Crippen LogP contribution in [0.25, 0.3) is 0 Å². The lowest BCUT2D eigenvalue weighted by atomic mass is 9.93. The summed E-state index contributed by atoms with van der Waals surface area (Å²) in [4.78, 5) is 2.51.